The first-order valence-electron chi connectivity index (χ1n) is 6.97. The summed E-state index contributed by atoms with van der Waals surface area (Å²) in [7, 11) is 0. The summed E-state index contributed by atoms with van der Waals surface area (Å²) >= 11 is 0. The van der Waals surface area contributed by atoms with Gasteiger partial charge in [-0.15, -0.1) is 0 Å². The van der Waals surface area contributed by atoms with E-state index in [0.717, 1.165) is 0 Å². The second-order valence-electron chi connectivity index (χ2n) is 4.79. The molecular weight excluding hydrogens is 301 g/mol. The van der Waals surface area contributed by atoms with Crippen LogP contribution in [-0.2, 0) is 20.9 Å². The number of aliphatic hydroxyl groups is 1. The molecule has 2 aromatic carbocycles. The van der Waals surface area contributed by atoms with E-state index in [0.29, 0.717) is 11.1 Å². The van der Waals surface area contributed by atoms with Crippen molar-refractivity contribution in [2.24, 2.45) is 0 Å². The van der Waals surface area contributed by atoms with Crippen LogP contribution in [0.4, 0.5) is 4.39 Å². The number of amides is 1. The fraction of sp³-hybridized carbons (Fsp3) is 0.176. The molecule has 2 N–H and O–H groups in total. The normalized spacial score (nSPS) is 11.6. The molecule has 0 saturated heterocycles. The third kappa shape index (κ3) is 4.89. The summed E-state index contributed by atoms with van der Waals surface area (Å²) in [6.45, 7) is -0.554. The highest BCUT2D eigenvalue weighted by Crippen LogP contribution is 2.13. The molecule has 0 heterocycles. The lowest BCUT2D eigenvalue weighted by Crippen LogP contribution is -2.29. The number of rotatable bonds is 6. The summed E-state index contributed by atoms with van der Waals surface area (Å²) in [5.74, 6) is -1.93. The Morgan fingerprint density at radius 1 is 1.09 bits per heavy atom. The van der Waals surface area contributed by atoms with Crippen molar-refractivity contribution in [3.8, 4) is 0 Å². The van der Waals surface area contributed by atoms with E-state index >= 15 is 0 Å². The molecule has 0 aliphatic heterocycles. The van der Waals surface area contributed by atoms with Gasteiger partial charge >= 0.3 is 5.97 Å². The molecular formula is C17H16FNO4. The number of hydrogen-bond acceptors (Lipinski definition) is 4. The predicted molar refractivity (Wildman–Crippen MR) is 80.6 cm³/mol. The summed E-state index contributed by atoms with van der Waals surface area (Å²) in [4.78, 5) is 23.3. The Morgan fingerprint density at radius 3 is 2.43 bits per heavy atom. The summed E-state index contributed by atoms with van der Waals surface area (Å²) in [6.07, 6.45) is -1.45. The molecule has 0 bridgehead atoms. The van der Waals surface area contributed by atoms with E-state index in [1.807, 2.05) is 0 Å². The van der Waals surface area contributed by atoms with Gasteiger partial charge in [0.15, 0.2) is 12.7 Å². The minimum atomic E-state index is -1.45. The molecule has 0 radical (unpaired) electrons. The van der Waals surface area contributed by atoms with E-state index in [1.165, 1.54) is 6.07 Å². The van der Waals surface area contributed by atoms with Gasteiger partial charge in [-0.3, -0.25) is 4.79 Å². The maximum absolute atomic E-state index is 13.4. The van der Waals surface area contributed by atoms with Gasteiger partial charge in [0.25, 0.3) is 5.91 Å². The zero-order valence-electron chi connectivity index (χ0n) is 12.2. The van der Waals surface area contributed by atoms with Gasteiger partial charge in [0.1, 0.15) is 5.82 Å². The fourth-order valence-corrected chi connectivity index (χ4v) is 1.87. The summed E-state index contributed by atoms with van der Waals surface area (Å²) in [5.41, 5.74) is 0.709. The lowest BCUT2D eigenvalue weighted by Gasteiger charge is -2.11. The van der Waals surface area contributed by atoms with Gasteiger partial charge in [-0.1, -0.05) is 48.5 Å². The van der Waals surface area contributed by atoms with Crippen LogP contribution in [0, 0.1) is 5.82 Å². The molecule has 1 amide bonds. The number of halogens is 1. The highest BCUT2D eigenvalue weighted by molar-refractivity contribution is 5.82. The predicted octanol–water partition coefficient (Wildman–Crippen LogP) is 1.72. The number of nitrogens with one attached hydrogen (secondary N) is 1. The highest BCUT2D eigenvalue weighted by atomic mass is 19.1. The van der Waals surface area contributed by atoms with E-state index < -0.39 is 30.4 Å². The number of esters is 1. The van der Waals surface area contributed by atoms with Crippen molar-refractivity contribution in [3.63, 3.8) is 0 Å². The highest BCUT2D eigenvalue weighted by Gasteiger charge is 2.19. The Labute approximate surface area is 132 Å². The van der Waals surface area contributed by atoms with Crippen LogP contribution in [-0.4, -0.2) is 23.6 Å². The van der Waals surface area contributed by atoms with Crippen molar-refractivity contribution in [3.05, 3.63) is 71.5 Å². The Hall–Kier alpha value is -2.73. The van der Waals surface area contributed by atoms with Crippen molar-refractivity contribution in [1.29, 1.82) is 0 Å². The number of carbonyl (C=O) groups excluding carboxylic acids is 2. The molecule has 0 saturated carbocycles. The molecule has 120 valence electrons. The number of aliphatic hydroxyl groups excluding tert-OH is 1. The average molecular weight is 317 g/mol. The van der Waals surface area contributed by atoms with E-state index in [9.17, 15) is 19.1 Å². The van der Waals surface area contributed by atoms with Crippen LogP contribution in [0.25, 0.3) is 0 Å². The monoisotopic (exact) mass is 317 g/mol. The van der Waals surface area contributed by atoms with Crippen LogP contribution >= 0.6 is 0 Å². The first kappa shape index (κ1) is 16.6. The van der Waals surface area contributed by atoms with Crippen molar-refractivity contribution < 1.29 is 23.8 Å². The van der Waals surface area contributed by atoms with Crippen molar-refractivity contribution >= 4 is 11.9 Å². The van der Waals surface area contributed by atoms with Gasteiger partial charge in [-0.05, 0) is 11.6 Å². The lowest BCUT2D eigenvalue weighted by molar-refractivity contribution is -0.157. The molecule has 23 heavy (non-hydrogen) atoms. The molecule has 2 rings (SSSR count). The molecule has 0 unspecified atom stereocenters. The summed E-state index contributed by atoms with van der Waals surface area (Å²) < 4.78 is 18.1. The number of benzene rings is 2. The van der Waals surface area contributed by atoms with Crippen molar-refractivity contribution in [1.82, 2.24) is 5.32 Å². The third-order valence-electron chi connectivity index (χ3n) is 3.12. The van der Waals surface area contributed by atoms with Gasteiger partial charge in [-0.2, -0.15) is 0 Å². The largest absolute Gasteiger partial charge is 0.453 e. The quantitative estimate of drug-likeness (QED) is 0.796. The van der Waals surface area contributed by atoms with E-state index in [2.05, 4.69) is 5.32 Å². The van der Waals surface area contributed by atoms with E-state index in [-0.39, 0.29) is 6.54 Å². The van der Waals surface area contributed by atoms with Crippen LogP contribution in [0.5, 0.6) is 0 Å². The second kappa shape index (κ2) is 8.05. The maximum atomic E-state index is 13.4. The molecule has 0 fully saturated rings. The van der Waals surface area contributed by atoms with Gasteiger partial charge in [0.2, 0.25) is 0 Å². The first-order chi connectivity index (χ1) is 11.1. The van der Waals surface area contributed by atoms with E-state index in [4.69, 9.17) is 4.74 Å². The van der Waals surface area contributed by atoms with Gasteiger partial charge in [0.05, 0.1) is 0 Å². The molecule has 0 aliphatic carbocycles. The van der Waals surface area contributed by atoms with Gasteiger partial charge in [-0.25, -0.2) is 9.18 Å². The van der Waals surface area contributed by atoms with Crippen molar-refractivity contribution in [2.75, 3.05) is 6.61 Å². The summed E-state index contributed by atoms with van der Waals surface area (Å²) in [6, 6.07) is 14.3. The molecule has 6 heteroatoms. The first-order valence-corrected chi connectivity index (χ1v) is 6.97. The Morgan fingerprint density at radius 2 is 1.74 bits per heavy atom. The van der Waals surface area contributed by atoms with Crippen molar-refractivity contribution in [2.45, 2.75) is 12.6 Å². The van der Waals surface area contributed by atoms with Crippen LogP contribution in [0.1, 0.15) is 17.2 Å². The zero-order chi connectivity index (χ0) is 16.7. The Balaban J connectivity index is 1.78. The lowest BCUT2D eigenvalue weighted by atomic mass is 10.1. The second-order valence-corrected chi connectivity index (χ2v) is 4.79. The molecule has 0 aliphatic rings. The molecule has 0 aromatic heterocycles. The standard InChI is InChI=1S/C17H16FNO4/c18-14-9-5-4-8-13(14)10-19-15(20)11-23-17(22)16(21)12-6-2-1-3-7-12/h1-9,16,21H,10-11H2,(H,19,20)/t16-/m1/s1. The molecule has 5 nitrogen and oxygen atoms in total. The summed E-state index contributed by atoms with van der Waals surface area (Å²) in [5, 5.41) is 12.2. The van der Waals surface area contributed by atoms with Crippen LogP contribution in [0.15, 0.2) is 54.6 Å². The SMILES string of the molecule is O=C(COC(=O)[C@H](O)c1ccccc1)NCc1ccccc1F. The van der Waals surface area contributed by atoms with Crippen LogP contribution in [0.3, 0.4) is 0 Å². The van der Waals surface area contributed by atoms with Crippen LogP contribution < -0.4 is 5.32 Å². The molecule has 1 atom stereocenters. The Bertz CT molecular complexity index is 675. The number of hydrogen-bond donors (Lipinski definition) is 2. The number of ether oxygens (including phenoxy) is 1. The number of carbonyl (C=O) groups is 2. The van der Waals surface area contributed by atoms with Gasteiger partial charge < -0.3 is 15.2 Å². The molecule has 0 spiro atoms. The minimum absolute atomic E-state index is 0.00963. The topological polar surface area (TPSA) is 75.6 Å². The van der Waals surface area contributed by atoms with Gasteiger partial charge in [0, 0.05) is 12.1 Å². The maximum Gasteiger partial charge on any atom is 0.340 e. The minimum Gasteiger partial charge on any atom is -0.453 e. The average Bonchev–Trinajstić information content (AvgIpc) is 2.59. The van der Waals surface area contributed by atoms with E-state index in [1.54, 1.807) is 48.5 Å². The smallest absolute Gasteiger partial charge is 0.340 e. The molecule has 2 aromatic rings. The zero-order valence-corrected chi connectivity index (χ0v) is 12.2. The Kier molecular flexibility index (Phi) is 5.82. The van der Waals surface area contributed by atoms with Crippen LogP contribution in [0.2, 0.25) is 0 Å². The third-order valence-corrected chi connectivity index (χ3v) is 3.12. The fourth-order valence-electron chi connectivity index (χ4n) is 1.87.